The number of hydrogen-bond acceptors (Lipinski definition) is 6. The highest BCUT2D eigenvalue weighted by atomic mass is 16.3. The second-order valence-electron chi connectivity index (χ2n) is 22.8. The van der Waals surface area contributed by atoms with Gasteiger partial charge in [0.2, 0.25) is 11.8 Å². The third-order valence-electron chi connectivity index (χ3n) is 18.2. The first-order chi connectivity index (χ1) is 30.9. The Kier molecular flexibility index (Phi) is 26.2. The molecule has 0 radical (unpaired) electrons. The molecule has 11 atom stereocenters. The van der Waals surface area contributed by atoms with Crippen molar-refractivity contribution < 1.29 is 24.9 Å². The van der Waals surface area contributed by atoms with Crippen molar-refractivity contribution in [3.05, 3.63) is 0 Å². The summed E-state index contributed by atoms with van der Waals surface area (Å²) in [7, 11) is 0. The summed E-state index contributed by atoms with van der Waals surface area (Å²) in [5.41, 5.74) is -0.202. The molecule has 3 unspecified atom stereocenters. The van der Waals surface area contributed by atoms with Gasteiger partial charge in [0.25, 0.3) is 0 Å². The molecule has 0 aromatic carbocycles. The molecule has 4 saturated carbocycles. The minimum atomic E-state index is -0.422. The minimum absolute atomic E-state index is 0.0275. The Morgan fingerprint density at radius 1 is 0.609 bits per heavy atom. The van der Waals surface area contributed by atoms with Crippen molar-refractivity contribution in [1.82, 2.24) is 15.5 Å². The molecular formula is C56H105N3O5. The van der Waals surface area contributed by atoms with E-state index in [1.165, 1.54) is 161 Å². The van der Waals surface area contributed by atoms with Gasteiger partial charge in [-0.15, -0.1) is 0 Å². The van der Waals surface area contributed by atoms with Gasteiger partial charge in [0.1, 0.15) is 0 Å². The Morgan fingerprint density at radius 3 is 1.67 bits per heavy atom. The zero-order valence-corrected chi connectivity index (χ0v) is 42.7. The van der Waals surface area contributed by atoms with Crippen LogP contribution in [-0.2, 0) is 9.59 Å². The number of aliphatic hydroxyl groups excluding tert-OH is 3. The summed E-state index contributed by atoms with van der Waals surface area (Å²) in [6, 6.07) is 0. The fraction of sp³-hybridized carbons (Fsp3) is 0.964. The summed E-state index contributed by atoms with van der Waals surface area (Å²) in [6.45, 7) is 15.9. The first-order valence-corrected chi connectivity index (χ1v) is 28.3. The second kappa shape index (κ2) is 30.3. The Balaban J connectivity index is 1.06. The number of amides is 2. The Bertz CT molecular complexity index is 1240. The molecule has 4 aliphatic carbocycles. The molecule has 5 N–H and O–H groups in total. The topological polar surface area (TPSA) is 122 Å². The SMILES string of the molecule is CCCCCCCCCCCCN(CCCCCCCCCCCC)CCCCCCNC(=O)CNC(=O)CC[C@@H](C)[C@H]1CCC2[C@H]3C(C[C@H](O)[C@@]21C)[C@@]1(C)CC[C@@H](O)CC1C[C@H]3O. The average molecular weight is 900 g/mol. The maximum absolute atomic E-state index is 13.0. The van der Waals surface area contributed by atoms with E-state index in [4.69, 9.17) is 0 Å². The predicted octanol–water partition coefficient (Wildman–Crippen LogP) is 12.3. The number of aliphatic hydroxyl groups is 3. The Labute approximate surface area is 394 Å². The number of nitrogens with zero attached hydrogens (tertiary/aromatic N) is 1. The van der Waals surface area contributed by atoms with E-state index in [-0.39, 0.29) is 65.1 Å². The monoisotopic (exact) mass is 900 g/mol. The normalized spacial score (nSPS) is 30.5. The number of carbonyl (C=O) groups excluding carboxylic acids is 2. The molecular weight excluding hydrogens is 795 g/mol. The van der Waals surface area contributed by atoms with Gasteiger partial charge in [-0.05, 0) is 143 Å². The van der Waals surface area contributed by atoms with Gasteiger partial charge < -0.3 is 30.9 Å². The van der Waals surface area contributed by atoms with Crippen molar-refractivity contribution in [2.45, 2.75) is 265 Å². The highest BCUT2D eigenvalue weighted by Gasteiger charge is 2.65. The molecule has 0 spiro atoms. The van der Waals surface area contributed by atoms with Crippen molar-refractivity contribution in [2.75, 3.05) is 32.7 Å². The third kappa shape index (κ3) is 17.4. The molecule has 4 rings (SSSR count). The quantitative estimate of drug-likeness (QED) is 0.0404. The lowest BCUT2D eigenvalue weighted by Crippen LogP contribution is -2.62. The first-order valence-electron chi connectivity index (χ1n) is 28.3. The average Bonchev–Trinajstić information content (AvgIpc) is 3.64. The summed E-state index contributed by atoms with van der Waals surface area (Å²) in [5, 5.41) is 39.9. The molecule has 4 aliphatic rings. The van der Waals surface area contributed by atoms with Gasteiger partial charge in [0.05, 0.1) is 24.9 Å². The highest BCUT2D eigenvalue weighted by Crippen LogP contribution is 2.68. The zero-order valence-electron chi connectivity index (χ0n) is 42.7. The van der Waals surface area contributed by atoms with Crippen LogP contribution in [0.5, 0.6) is 0 Å². The molecule has 0 bridgehead atoms. The van der Waals surface area contributed by atoms with Crippen molar-refractivity contribution in [3.63, 3.8) is 0 Å². The molecule has 374 valence electrons. The fourth-order valence-electron chi connectivity index (χ4n) is 14.0. The summed E-state index contributed by atoms with van der Waals surface area (Å²) in [6.07, 6.45) is 38.5. The number of carbonyl (C=O) groups is 2. The van der Waals surface area contributed by atoms with Crippen molar-refractivity contribution in [1.29, 1.82) is 0 Å². The number of hydrogen-bond donors (Lipinski definition) is 5. The molecule has 8 nitrogen and oxygen atoms in total. The summed E-state index contributed by atoms with van der Waals surface area (Å²) in [5.74, 6) is 1.46. The predicted molar refractivity (Wildman–Crippen MR) is 267 cm³/mol. The standard InChI is InChI=1S/C56H105N3O5/c1-6-8-10-12-14-16-18-20-23-27-37-59(38-28-24-21-19-17-15-13-11-9-7-2)39-29-25-22-26-36-57-53(64)43-58-52(63)33-30-44(3)47-31-32-48-54-49(42-51(62)56(47,48)5)55(4)35-34-46(60)40-45(55)41-50(54)61/h44-51,54,60-62H,6-43H2,1-5H3,(H,57,64)(H,58,63)/t44-,45?,46-,47-,48?,49?,50-,51+,54+,55+,56-/m1/s1. The van der Waals surface area contributed by atoms with E-state index < -0.39 is 6.10 Å². The molecule has 0 aromatic rings. The van der Waals surface area contributed by atoms with Gasteiger partial charge in [-0.1, -0.05) is 163 Å². The van der Waals surface area contributed by atoms with Crippen molar-refractivity contribution >= 4 is 11.8 Å². The molecule has 8 heteroatoms. The van der Waals surface area contributed by atoms with E-state index in [2.05, 4.69) is 50.2 Å². The zero-order chi connectivity index (χ0) is 46.2. The van der Waals surface area contributed by atoms with Crippen LogP contribution in [0.25, 0.3) is 0 Å². The van der Waals surface area contributed by atoms with Gasteiger partial charge in [0.15, 0.2) is 0 Å². The summed E-state index contributed by atoms with van der Waals surface area (Å²) >= 11 is 0. The lowest BCUT2D eigenvalue weighted by atomic mass is 9.43. The molecule has 4 fully saturated rings. The lowest BCUT2D eigenvalue weighted by Gasteiger charge is -2.63. The Morgan fingerprint density at radius 2 is 1.12 bits per heavy atom. The third-order valence-corrected chi connectivity index (χ3v) is 18.2. The van der Waals surface area contributed by atoms with E-state index in [9.17, 15) is 24.9 Å². The van der Waals surface area contributed by atoms with Crippen molar-refractivity contribution in [3.8, 4) is 0 Å². The van der Waals surface area contributed by atoms with Gasteiger partial charge in [0, 0.05) is 13.0 Å². The van der Waals surface area contributed by atoms with Crippen molar-refractivity contribution in [2.24, 2.45) is 46.3 Å². The van der Waals surface area contributed by atoms with E-state index in [1.54, 1.807) is 0 Å². The lowest BCUT2D eigenvalue weighted by molar-refractivity contribution is -0.207. The molecule has 0 heterocycles. The van der Waals surface area contributed by atoms with Crippen LogP contribution < -0.4 is 10.6 Å². The van der Waals surface area contributed by atoms with Crippen LogP contribution in [0, 0.1) is 46.3 Å². The van der Waals surface area contributed by atoms with Crippen LogP contribution in [0.1, 0.15) is 247 Å². The highest BCUT2D eigenvalue weighted by molar-refractivity contribution is 5.84. The van der Waals surface area contributed by atoms with Gasteiger partial charge >= 0.3 is 0 Å². The Hall–Kier alpha value is -1.22. The van der Waals surface area contributed by atoms with Crippen LogP contribution in [-0.4, -0.2) is 83.1 Å². The molecule has 2 amide bonds. The number of unbranched alkanes of at least 4 members (excludes halogenated alkanes) is 21. The van der Waals surface area contributed by atoms with E-state index in [0.29, 0.717) is 24.8 Å². The van der Waals surface area contributed by atoms with Gasteiger partial charge in [-0.2, -0.15) is 0 Å². The minimum Gasteiger partial charge on any atom is -0.393 e. The van der Waals surface area contributed by atoms with Crippen LogP contribution >= 0.6 is 0 Å². The van der Waals surface area contributed by atoms with E-state index >= 15 is 0 Å². The number of fused-ring (bicyclic) bond motifs is 5. The first kappa shape index (κ1) is 55.4. The number of rotatable bonds is 35. The number of nitrogens with one attached hydrogen (secondary N) is 2. The van der Waals surface area contributed by atoms with E-state index in [0.717, 1.165) is 64.2 Å². The molecule has 0 saturated heterocycles. The van der Waals surface area contributed by atoms with Gasteiger partial charge in [-0.3, -0.25) is 9.59 Å². The maximum Gasteiger partial charge on any atom is 0.239 e. The smallest absolute Gasteiger partial charge is 0.239 e. The van der Waals surface area contributed by atoms with Crippen LogP contribution in [0.4, 0.5) is 0 Å². The van der Waals surface area contributed by atoms with Gasteiger partial charge in [-0.25, -0.2) is 0 Å². The molecule has 0 aromatic heterocycles. The van der Waals surface area contributed by atoms with Crippen LogP contribution in [0.2, 0.25) is 0 Å². The second-order valence-corrected chi connectivity index (χ2v) is 22.8. The summed E-state index contributed by atoms with van der Waals surface area (Å²) < 4.78 is 0. The maximum atomic E-state index is 13.0. The molecule has 64 heavy (non-hydrogen) atoms. The van der Waals surface area contributed by atoms with Crippen LogP contribution in [0.3, 0.4) is 0 Å². The largest absolute Gasteiger partial charge is 0.393 e. The fourth-order valence-corrected chi connectivity index (χ4v) is 14.0. The van der Waals surface area contributed by atoms with E-state index in [1.807, 2.05) is 0 Å². The summed E-state index contributed by atoms with van der Waals surface area (Å²) in [4.78, 5) is 28.4. The van der Waals surface area contributed by atoms with Crippen LogP contribution in [0.15, 0.2) is 0 Å². The molecule has 0 aliphatic heterocycles.